The van der Waals surface area contributed by atoms with Crippen LogP contribution in [0.25, 0.3) is 0 Å². The van der Waals surface area contributed by atoms with Crippen LogP contribution in [0.2, 0.25) is 0 Å². The van der Waals surface area contributed by atoms with Crippen molar-refractivity contribution in [3.8, 4) is 0 Å². The predicted molar refractivity (Wildman–Crippen MR) is 86.5 cm³/mol. The Morgan fingerprint density at radius 2 is 2.18 bits per heavy atom. The molecular weight excluding hydrogens is 350 g/mol. The minimum Gasteiger partial charge on any atom is -0.444 e. The number of carbonyl (C=O) groups is 2. The third-order valence-corrected chi connectivity index (χ3v) is 3.85. The van der Waals surface area contributed by atoms with E-state index in [4.69, 9.17) is 4.74 Å². The number of nitrogens with zero attached hydrogens (tertiary/aromatic N) is 2. The van der Waals surface area contributed by atoms with Crippen LogP contribution in [-0.2, 0) is 9.53 Å². The standard InChI is InChI=1S/C15H20BrN3O3/c1-15(2,3)22-14(21)19-8-6-10(9-19)13(20)18-12-11(16)5-4-7-17-12/h4-5,7,10H,6,8-9H2,1-3H3,(H,17,18,20). The lowest BCUT2D eigenvalue weighted by Gasteiger charge is -2.24. The molecule has 0 aliphatic carbocycles. The molecule has 1 atom stereocenters. The zero-order chi connectivity index (χ0) is 16.3. The van der Waals surface area contributed by atoms with E-state index in [2.05, 4.69) is 26.2 Å². The number of anilines is 1. The molecular formula is C15H20BrN3O3. The third-order valence-electron chi connectivity index (χ3n) is 3.21. The van der Waals surface area contributed by atoms with Gasteiger partial charge in [0.05, 0.1) is 10.4 Å². The molecule has 1 unspecified atom stereocenters. The molecule has 6 nitrogen and oxygen atoms in total. The monoisotopic (exact) mass is 369 g/mol. The highest BCUT2D eigenvalue weighted by molar-refractivity contribution is 9.10. The first-order chi connectivity index (χ1) is 10.3. The molecule has 1 N–H and O–H groups in total. The molecule has 7 heteroatoms. The first-order valence-corrected chi connectivity index (χ1v) is 7.95. The summed E-state index contributed by atoms with van der Waals surface area (Å²) in [5.41, 5.74) is -0.531. The number of halogens is 1. The maximum Gasteiger partial charge on any atom is 0.410 e. The minimum atomic E-state index is -0.531. The van der Waals surface area contributed by atoms with E-state index in [-0.39, 0.29) is 17.9 Å². The molecule has 120 valence electrons. The fraction of sp³-hybridized carbons (Fsp3) is 0.533. The molecule has 1 aromatic rings. The number of amides is 2. The van der Waals surface area contributed by atoms with Gasteiger partial charge < -0.3 is 15.0 Å². The fourth-order valence-electron chi connectivity index (χ4n) is 2.16. The van der Waals surface area contributed by atoms with Gasteiger partial charge in [-0.25, -0.2) is 9.78 Å². The number of ether oxygens (including phenoxy) is 1. The summed E-state index contributed by atoms with van der Waals surface area (Å²) >= 11 is 3.34. The topological polar surface area (TPSA) is 71.5 Å². The van der Waals surface area contributed by atoms with Crippen LogP contribution in [0, 0.1) is 5.92 Å². The molecule has 2 amide bonds. The second kappa shape index (κ2) is 6.64. The van der Waals surface area contributed by atoms with E-state index in [9.17, 15) is 9.59 Å². The molecule has 1 aliphatic heterocycles. The molecule has 1 aliphatic rings. The molecule has 22 heavy (non-hydrogen) atoms. The Kier molecular flexibility index (Phi) is 5.05. The van der Waals surface area contributed by atoms with E-state index < -0.39 is 5.60 Å². The van der Waals surface area contributed by atoms with Crippen LogP contribution in [-0.4, -0.2) is 40.6 Å². The second-order valence-electron chi connectivity index (χ2n) is 6.24. The van der Waals surface area contributed by atoms with Gasteiger partial charge in [-0.1, -0.05) is 0 Å². The minimum absolute atomic E-state index is 0.134. The van der Waals surface area contributed by atoms with E-state index in [1.54, 1.807) is 17.2 Å². The summed E-state index contributed by atoms with van der Waals surface area (Å²) in [6.45, 7) is 6.36. The lowest BCUT2D eigenvalue weighted by molar-refractivity contribution is -0.119. The average Bonchev–Trinajstić information content (AvgIpc) is 2.89. The van der Waals surface area contributed by atoms with Crippen molar-refractivity contribution in [2.75, 3.05) is 18.4 Å². The number of hydrogen-bond donors (Lipinski definition) is 1. The summed E-state index contributed by atoms with van der Waals surface area (Å²) in [5.74, 6) is 0.107. The van der Waals surface area contributed by atoms with Crippen LogP contribution in [0.5, 0.6) is 0 Å². The van der Waals surface area contributed by atoms with Gasteiger partial charge in [0, 0.05) is 19.3 Å². The van der Waals surface area contributed by atoms with Gasteiger partial charge in [-0.2, -0.15) is 0 Å². The van der Waals surface area contributed by atoms with Crippen LogP contribution < -0.4 is 5.32 Å². The van der Waals surface area contributed by atoms with Gasteiger partial charge in [-0.05, 0) is 55.3 Å². The Bertz CT molecular complexity index is 571. The molecule has 0 spiro atoms. The van der Waals surface area contributed by atoms with Crippen molar-refractivity contribution in [1.82, 2.24) is 9.88 Å². The summed E-state index contributed by atoms with van der Waals surface area (Å²) in [5, 5.41) is 2.78. The zero-order valence-corrected chi connectivity index (χ0v) is 14.5. The average molecular weight is 370 g/mol. The van der Waals surface area contributed by atoms with E-state index in [1.807, 2.05) is 26.8 Å². The summed E-state index contributed by atoms with van der Waals surface area (Å²) in [7, 11) is 0. The van der Waals surface area contributed by atoms with Crippen molar-refractivity contribution < 1.29 is 14.3 Å². The van der Waals surface area contributed by atoms with Crippen molar-refractivity contribution in [3.63, 3.8) is 0 Å². The lowest BCUT2D eigenvalue weighted by atomic mass is 10.1. The summed E-state index contributed by atoms with van der Waals surface area (Å²) in [6.07, 6.45) is 1.86. The molecule has 0 aromatic carbocycles. The van der Waals surface area contributed by atoms with Crippen LogP contribution in [0.4, 0.5) is 10.6 Å². The zero-order valence-electron chi connectivity index (χ0n) is 12.9. The normalized spacial score (nSPS) is 18.2. The van der Waals surface area contributed by atoms with Gasteiger partial charge in [0.2, 0.25) is 5.91 Å². The van der Waals surface area contributed by atoms with Gasteiger partial charge in [0.15, 0.2) is 0 Å². The van der Waals surface area contributed by atoms with Gasteiger partial charge in [0.25, 0.3) is 0 Å². The van der Waals surface area contributed by atoms with Crippen LogP contribution in [0.15, 0.2) is 22.8 Å². The smallest absolute Gasteiger partial charge is 0.410 e. The van der Waals surface area contributed by atoms with Gasteiger partial charge in [0.1, 0.15) is 11.4 Å². The number of carbonyl (C=O) groups excluding carboxylic acids is 2. The van der Waals surface area contributed by atoms with Crippen LogP contribution >= 0.6 is 15.9 Å². The van der Waals surface area contributed by atoms with Gasteiger partial charge in [-0.3, -0.25) is 4.79 Å². The Hall–Kier alpha value is -1.63. The number of likely N-dealkylation sites (tertiary alicyclic amines) is 1. The SMILES string of the molecule is CC(C)(C)OC(=O)N1CCC(C(=O)Nc2ncccc2Br)C1. The third kappa shape index (κ3) is 4.43. The number of aromatic nitrogens is 1. The summed E-state index contributed by atoms with van der Waals surface area (Å²) in [6, 6.07) is 3.59. The van der Waals surface area contributed by atoms with Crippen molar-refractivity contribution in [2.24, 2.45) is 5.92 Å². The van der Waals surface area contributed by atoms with Gasteiger partial charge in [-0.15, -0.1) is 0 Å². The lowest BCUT2D eigenvalue weighted by Crippen LogP contribution is -2.36. The second-order valence-corrected chi connectivity index (χ2v) is 7.09. The quantitative estimate of drug-likeness (QED) is 0.869. The van der Waals surface area contributed by atoms with Crippen LogP contribution in [0.1, 0.15) is 27.2 Å². The van der Waals surface area contributed by atoms with E-state index in [0.717, 1.165) is 4.47 Å². The molecule has 1 fully saturated rings. The number of hydrogen-bond acceptors (Lipinski definition) is 4. The fourth-order valence-corrected chi connectivity index (χ4v) is 2.52. The van der Waals surface area contributed by atoms with Gasteiger partial charge >= 0.3 is 6.09 Å². The summed E-state index contributed by atoms with van der Waals surface area (Å²) < 4.78 is 6.05. The Balaban J connectivity index is 1.91. The number of nitrogens with one attached hydrogen (secondary N) is 1. The largest absolute Gasteiger partial charge is 0.444 e. The molecule has 2 rings (SSSR count). The molecule has 1 saturated heterocycles. The molecule has 2 heterocycles. The first kappa shape index (κ1) is 16.7. The summed E-state index contributed by atoms with van der Waals surface area (Å²) in [4.78, 5) is 29.9. The Morgan fingerprint density at radius 1 is 1.45 bits per heavy atom. The van der Waals surface area contributed by atoms with E-state index >= 15 is 0 Å². The first-order valence-electron chi connectivity index (χ1n) is 7.15. The van der Waals surface area contributed by atoms with Crippen molar-refractivity contribution >= 4 is 33.7 Å². The van der Waals surface area contributed by atoms with E-state index in [1.165, 1.54) is 0 Å². The highest BCUT2D eigenvalue weighted by Crippen LogP contribution is 2.23. The van der Waals surface area contributed by atoms with Crippen molar-refractivity contribution in [2.45, 2.75) is 32.8 Å². The highest BCUT2D eigenvalue weighted by Gasteiger charge is 2.33. The predicted octanol–water partition coefficient (Wildman–Crippen LogP) is 3.04. The molecule has 0 saturated carbocycles. The van der Waals surface area contributed by atoms with E-state index in [0.29, 0.717) is 25.3 Å². The van der Waals surface area contributed by atoms with Crippen LogP contribution in [0.3, 0.4) is 0 Å². The highest BCUT2D eigenvalue weighted by atomic mass is 79.9. The number of pyridine rings is 1. The maximum absolute atomic E-state index is 12.3. The maximum atomic E-state index is 12.3. The Morgan fingerprint density at radius 3 is 2.82 bits per heavy atom. The molecule has 0 radical (unpaired) electrons. The molecule has 1 aromatic heterocycles. The van der Waals surface area contributed by atoms with Crippen molar-refractivity contribution in [3.05, 3.63) is 22.8 Å². The van der Waals surface area contributed by atoms with Crippen molar-refractivity contribution in [1.29, 1.82) is 0 Å². The number of rotatable bonds is 2. The Labute approximate surface area is 138 Å². The molecule has 0 bridgehead atoms.